The fourth-order valence-corrected chi connectivity index (χ4v) is 0.331. The minimum Gasteiger partial charge on any atom is -0.475 e. The lowest BCUT2D eigenvalue weighted by Crippen LogP contribution is -2.46. The van der Waals surface area contributed by atoms with E-state index in [1.807, 2.05) is 0 Å². The van der Waals surface area contributed by atoms with Crippen LogP contribution in [0.5, 0.6) is 0 Å². The third-order valence-corrected chi connectivity index (χ3v) is 0.884. The zero-order valence-electron chi connectivity index (χ0n) is 5.76. The molecule has 0 heterocycles. The van der Waals surface area contributed by atoms with E-state index in [1.54, 1.807) is 0 Å². The number of carbonyl (C=O) groups is 1. The molecule has 9 heavy (non-hydrogen) atoms. The number of halogens is 1. The summed E-state index contributed by atoms with van der Waals surface area (Å²) in [6.07, 6.45) is -1.83. The van der Waals surface area contributed by atoms with Crippen LogP contribution in [-0.2, 0) is 4.79 Å². The highest BCUT2D eigenvalue weighted by Gasteiger charge is 2.30. The molecule has 0 fully saturated rings. The van der Waals surface area contributed by atoms with E-state index in [-0.39, 0.29) is 4.48 Å². The minimum absolute atomic E-state index is 0.199. The van der Waals surface area contributed by atoms with Crippen LogP contribution in [0.4, 0.5) is 4.39 Å². The van der Waals surface area contributed by atoms with Crippen molar-refractivity contribution in [2.45, 2.75) is 6.30 Å². The maximum Gasteiger partial charge on any atom is 0.397 e. The van der Waals surface area contributed by atoms with Crippen molar-refractivity contribution in [1.29, 1.82) is 0 Å². The first-order valence-corrected chi connectivity index (χ1v) is 2.53. The average Bonchev–Trinajstić information content (AvgIpc) is 1.62. The molecule has 1 unspecified atom stereocenters. The van der Waals surface area contributed by atoms with Crippen LogP contribution < -0.4 is 0 Å². The van der Waals surface area contributed by atoms with E-state index in [4.69, 9.17) is 5.11 Å². The van der Waals surface area contributed by atoms with E-state index in [2.05, 4.69) is 0 Å². The number of rotatable bonds is 2. The summed E-state index contributed by atoms with van der Waals surface area (Å²) in [6.45, 7) is 0. The third-order valence-electron chi connectivity index (χ3n) is 0.884. The van der Waals surface area contributed by atoms with Gasteiger partial charge in [-0.15, -0.1) is 0 Å². The van der Waals surface area contributed by atoms with Crippen LogP contribution in [0.15, 0.2) is 0 Å². The molecule has 4 heteroatoms. The number of hydrogen-bond acceptors (Lipinski definition) is 1. The lowest BCUT2D eigenvalue weighted by atomic mass is 10.5. The molecule has 0 amide bonds. The predicted octanol–water partition coefficient (Wildman–Crippen LogP) is 0.0728. The Bertz CT molecular complexity index is 119. The molecule has 0 saturated carbocycles. The van der Waals surface area contributed by atoms with Gasteiger partial charge in [0.25, 0.3) is 0 Å². The summed E-state index contributed by atoms with van der Waals surface area (Å²) in [4.78, 5) is 9.96. The fraction of sp³-hybridized carbons (Fsp3) is 0.800. The molecular formula is C5H11FNO2+. The summed E-state index contributed by atoms with van der Waals surface area (Å²) in [5.41, 5.74) is 0. The number of aliphatic carboxylic acids is 1. The normalized spacial score (nSPS) is 15.1. The topological polar surface area (TPSA) is 37.3 Å². The number of carboxylic acid groups (broad SMARTS) is 1. The van der Waals surface area contributed by atoms with Gasteiger partial charge in [-0.2, -0.15) is 4.39 Å². The molecule has 1 N–H and O–H groups in total. The molecule has 0 aliphatic heterocycles. The van der Waals surface area contributed by atoms with Crippen LogP contribution in [0, 0.1) is 0 Å². The molecule has 0 aromatic carbocycles. The Labute approximate surface area is 53.3 Å². The van der Waals surface area contributed by atoms with Crippen LogP contribution in [-0.4, -0.2) is 43.0 Å². The summed E-state index contributed by atoms with van der Waals surface area (Å²) < 4.78 is 12.2. The Morgan fingerprint density at radius 3 is 1.89 bits per heavy atom. The van der Waals surface area contributed by atoms with Gasteiger partial charge in [0.15, 0.2) is 0 Å². The summed E-state index contributed by atoms with van der Waals surface area (Å²) >= 11 is 0. The molecule has 0 aliphatic carbocycles. The van der Waals surface area contributed by atoms with Gasteiger partial charge >= 0.3 is 12.3 Å². The largest absolute Gasteiger partial charge is 0.475 e. The van der Waals surface area contributed by atoms with Crippen LogP contribution in [0.3, 0.4) is 0 Å². The van der Waals surface area contributed by atoms with Gasteiger partial charge in [-0.25, -0.2) is 4.79 Å². The first kappa shape index (κ1) is 8.36. The fourth-order valence-electron chi connectivity index (χ4n) is 0.331. The average molecular weight is 136 g/mol. The number of likely N-dealkylation sites (N-methyl/N-ethyl adjacent to an activating group) is 1. The van der Waals surface area contributed by atoms with Crippen molar-refractivity contribution < 1.29 is 18.8 Å². The molecule has 54 valence electrons. The van der Waals surface area contributed by atoms with Gasteiger partial charge in [0.2, 0.25) is 0 Å². The van der Waals surface area contributed by atoms with E-state index >= 15 is 0 Å². The molecule has 0 aliphatic rings. The zero-order valence-corrected chi connectivity index (χ0v) is 5.76. The second kappa shape index (κ2) is 2.31. The Balaban J connectivity index is 4.04. The van der Waals surface area contributed by atoms with Crippen molar-refractivity contribution in [2.24, 2.45) is 0 Å². The highest BCUT2D eigenvalue weighted by molar-refractivity contribution is 5.70. The number of quaternary nitrogens is 1. The highest BCUT2D eigenvalue weighted by Crippen LogP contribution is 2.02. The Morgan fingerprint density at radius 2 is 1.89 bits per heavy atom. The van der Waals surface area contributed by atoms with Gasteiger partial charge in [0.05, 0.1) is 21.1 Å². The summed E-state index contributed by atoms with van der Waals surface area (Å²) in [7, 11) is 4.45. The van der Waals surface area contributed by atoms with Crippen molar-refractivity contribution in [1.82, 2.24) is 0 Å². The smallest absolute Gasteiger partial charge is 0.397 e. The predicted molar refractivity (Wildman–Crippen MR) is 30.6 cm³/mol. The van der Waals surface area contributed by atoms with Crippen molar-refractivity contribution in [3.8, 4) is 0 Å². The van der Waals surface area contributed by atoms with Crippen LogP contribution >= 0.6 is 0 Å². The molecule has 1 atom stereocenters. The molecular weight excluding hydrogens is 125 g/mol. The lowest BCUT2D eigenvalue weighted by molar-refractivity contribution is -0.901. The van der Waals surface area contributed by atoms with Gasteiger partial charge in [0, 0.05) is 0 Å². The van der Waals surface area contributed by atoms with E-state index < -0.39 is 12.3 Å². The molecule has 0 rings (SSSR count). The number of nitrogens with zero attached hydrogens (tertiary/aromatic N) is 1. The van der Waals surface area contributed by atoms with Crippen LogP contribution in [0.1, 0.15) is 0 Å². The second-order valence-corrected chi connectivity index (χ2v) is 2.79. The standard InChI is InChI=1S/C5H10FNO2/c1-7(2,3)4(6)5(8)9/h4H,1-3H3/p+1. The van der Waals surface area contributed by atoms with Crippen molar-refractivity contribution >= 4 is 5.97 Å². The number of alkyl halides is 1. The number of hydrogen-bond donors (Lipinski definition) is 1. The van der Waals surface area contributed by atoms with Gasteiger partial charge < -0.3 is 5.11 Å². The molecule has 0 bridgehead atoms. The van der Waals surface area contributed by atoms with Crippen LogP contribution in [0.2, 0.25) is 0 Å². The summed E-state index contributed by atoms with van der Waals surface area (Å²) in [5, 5.41) is 8.13. The molecule has 3 nitrogen and oxygen atoms in total. The number of carboxylic acids is 1. The highest BCUT2D eigenvalue weighted by atomic mass is 19.1. The molecule has 0 radical (unpaired) electrons. The summed E-state index contributed by atoms with van der Waals surface area (Å²) in [5.74, 6) is -1.41. The van der Waals surface area contributed by atoms with E-state index in [0.717, 1.165) is 0 Å². The van der Waals surface area contributed by atoms with E-state index in [1.165, 1.54) is 21.1 Å². The minimum atomic E-state index is -1.83. The Hall–Kier alpha value is -0.640. The maximum absolute atomic E-state index is 12.4. The quantitative estimate of drug-likeness (QED) is 0.431. The molecule has 0 saturated heterocycles. The monoisotopic (exact) mass is 136 g/mol. The van der Waals surface area contributed by atoms with Crippen molar-refractivity contribution in [3.63, 3.8) is 0 Å². The van der Waals surface area contributed by atoms with Crippen molar-refractivity contribution in [3.05, 3.63) is 0 Å². The van der Waals surface area contributed by atoms with Gasteiger partial charge in [-0.1, -0.05) is 0 Å². The van der Waals surface area contributed by atoms with E-state index in [0.29, 0.717) is 0 Å². The van der Waals surface area contributed by atoms with Gasteiger partial charge in [0.1, 0.15) is 0 Å². The Kier molecular flexibility index (Phi) is 2.14. The van der Waals surface area contributed by atoms with Crippen molar-refractivity contribution in [2.75, 3.05) is 21.1 Å². The molecule has 0 spiro atoms. The first-order chi connectivity index (χ1) is 3.85. The zero-order chi connectivity index (χ0) is 7.65. The summed E-state index contributed by atoms with van der Waals surface area (Å²) in [6, 6.07) is 0. The maximum atomic E-state index is 12.4. The van der Waals surface area contributed by atoms with Gasteiger partial charge in [-0.3, -0.25) is 4.48 Å². The first-order valence-electron chi connectivity index (χ1n) is 2.53. The SMILES string of the molecule is C[N+](C)(C)C(F)C(=O)O. The molecule has 0 aromatic heterocycles. The Morgan fingerprint density at radius 1 is 1.56 bits per heavy atom. The van der Waals surface area contributed by atoms with Gasteiger partial charge in [-0.05, 0) is 0 Å². The third kappa shape index (κ3) is 2.41. The van der Waals surface area contributed by atoms with E-state index in [9.17, 15) is 9.18 Å². The lowest BCUT2D eigenvalue weighted by Gasteiger charge is -2.24. The second-order valence-electron chi connectivity index (χ2n) is 2.79. The van der Waals surface area contributed by atoms with Crippen LogP contribution in [0.25, 0.3) is 0 Å². The molecule has 0 aromatic rings.